The van der Waals surface area contributed by atoms with Crippen LogP contribution < -0.4 is 5.32 Å². The number of hydrogen-bond donors (Lipinski definition) is 1. The lowest BCUT2D eigenvalue weighted by Gasteiger charge is -2.06. The molecule has 0 unspecified atom stereocenters. The van der Waals surface area contributed by atoms with Gasteiger partial charge in [0, 0.05) is 24.2 Å². The number of nitrogens with one attached hydrogen (secondary N) is 1. The fraction of sp³-hybridized carbons (Fsp3) is 0.385. The lowest BCUT2D eigenvalue weighted by molar-refractivity contribution is -0.384. The molecule has 1 aromatic carbocycles. The molecule has 0 fully saturated rings. The molecule has 1 N–H and O–H groups in total. The second-order valence-electron chi connectivity index (χ2n) is 4.12. The maximum Gasteiger partial charge on any atom is 0.306 e. The highest BCUT2D eigenvalue weighted by Gasteiger charge is 2.09. The van der Waals surface area contributed by atoms with E-state index in [1.807, 2.05) is 6.92 Å². The van der Waals surface area contributed by atoms with Crippen molar-refractivity contribution in [2.75, 3.05) is 11.9 Å². The number of benzene rings is 1. The van der Waals surface area contributed by atoms with E-state index in [2.05, 4.69) is 5.32 Å². The third-order valence-electron chi connectivity index (χ3n) is 2.46. The molecule has 1 amide bonds. The smallest absolute Gasteiger partial charge is 0.306 e. The predicted octanol–water partition coefficient (Wildman–Crippen LogP) is 2.27. The van der Waals surface area contributed by atoms with Gasteiger partial charge in [0.1, 0.15) is 0 Å². The molecule has 0 saturated carbocycles. The second kappa shape index (κ2) is 7.88. The van der Waals surface area contributed by atoms with Gasteiger partial charge in [0.25, 0.3) is 11.6 Å². The van der Waals surface area contributed by atoms with E-state index in [4.69, 9.17) is 4.74 Å². The molecule has 108 valence electrons. The molecule has 0 atom stereocenters. The molecule has 7 heteroatoms. The molecule has 7 nitrogen and oxygen atoms in total. The van der Waals surface area contributed by atoms with Gasteiger partial charge in [0.2, 0.25) is 0 Å². The fourth-order valence-electron chi connectivity index (χ4n) is 1.40. The molecule has 0 heterocycles. The Morgan fingerprint density at radius 3 is 2.50 bits per heavy atom. The number of esters is 1. The summed E-state index contributed by atoms with van der Waals surface area (Å²) in [5, 5.41) is 12.9. The molecular formula is C13H16N2O5. The Hall–Kier alpha value is -2.44. The SMILES string of the molecule is CCCCC(=O)OCC(=O)Nc1ccc([N+](=O)[O-])cc1. The van der Waals surface area contributed by atoms with Crippen LogP contribution in [0.25, 0.3) is 0 Å². The Kier molecular flexibility index (Phi) is 6.15. The maximum absolute atomic E-state index is 11.5. The summed E-state index contributed by atoms with van der Waals surface area (Å²) in [7, 11) is 0. The van der Waals surface area contributed by atoms with Crippen LogP contribution in [-0.2, 0) is 14.3 Å². The van der Waals surface area contributed by atoms with E-state index in [0.717, 1.165) is 12.8 Å². The third kappa shape index (κ3) is 5.47. The Balaban J connectivity index is 2.38. The van der Waals surface area contributed by atoms with Crippen molar-refractivity contribution in [2.45, 2.75) is 26.2 Å². The largest absolute Gasteiger partial charge is 0.456 e. The van der Waals surface area contributed by atoms with Gasteiger partial charge in [-0.05, 0) is 18.6 Å². The first-order chi connectivity index (χ1) is 9.52. The van der Waals surface area contributed by atoms with Gasteiger partial charge in [0.05, 0.1) is 4.92 Å². The zero-order valence-corrected chi connectivity index (χ0v) is 11.1. The van der Waals surface area contributed by atoms with Crippen molar-refractivity contribution in [1.82, 2.24) is 0 Å². The van der Waals surface area contributed by atoms with Crippen LogP contribution >= 0.6 is 0 Å². The van der Waals surface area contributed by atoms with Crippen molar-refractivity contribution < 1.29 is 19.2 Å². The van der Waals surface area contributed by atoms with Gasteiger partial charge in [-0.1, -0.05) is 13.3 Å². The van der Waals surface area contributed by atoms with Crippen molar-refractivity contribution in [3.05, 3.63) is 34.4 Å². The minimum Gasteiger partial charge on any atom is -0.456 e. The molecule has 1 rings (SSSR count). The third-order valence-corrected chi connectivity index (χ3v) is 2.46. The van der Waals surface area contributed by atoms with Crippen molar-refractivity contribution in [1.29, 1.82) is 0 Å². The number of hydrogen-bond acceptors (Lipinski definition) is 5. The number of amides is 1. The highest BCUT2D eigenvalue weighted by atomic mass is 16.6. The van der Waals surface area contributed by atoms with Crippen molar-refractivity contribution in [3.8, 4) is 0 Å². The van der Waals surface area contributed by atoms with Gasteiger partial charge < -0.3 is 10.1 Å². The number of nitrogens with zero attached hydrogens (tertiary/aromatic N) is 1. The van der Waals surface area contributed by atoms with E-state index < -0.39 is 16.8 Å². The number of unbranched alkanes of at least 4 members (excludes halogenated alkanes) is 1. The summed E-state index contributed by atoms with van der Waals surface area (Å²) >= 11 is 0. The number of carbonyl (C=O) groups is 2. The van der Waals surface area contributed by atoms with Crippen LogP contribution in [0.3, 0.4) is 0 Å². The zero-order valence-electron chi connectivity index (χ0n) is 11.1. The summed E-state index contributed by atoms with van der Waals surface area (Å²) in [5.74, 6) is -0.894. The molecule has 0 aliphatic heterocycles. The van der Waals surface area contributed by atoms with Gasteiger partial charge in [0.15, 0.2) is 6.61 Å². The van der Waals surface area contributed by atoms with Crippen molar-refractivity contribution >= 4 is 23.3 Å². The topological polar surface area (TPSA) is 98.5 Å². The maximum atomic E-state index is 11.5. The first kappa shape index (κ1) is 15.6. The minimum absolute atomic E-state index is 0.0611. The molecule has 0 spiro atoms. The average molecular weight is 280 g/mol. The summed E-state index contributed by atoms with van der Waals surface area (Å²) < 4.78 is 4.78. The fourth-order valence-corrected chi connectivity index (χ4v) is 1.40. The number of ether oxygens (including phenoxy) is 1. The van der Waals surface area contributed by atoms with Crippen LogP contribution in [0.4, 0.5) is 11.4 Å². The Morgan fingerprint density at radius 1 is 1.30 bits per heavy atom. The minimum atomic E-state index is -0.527. The predicted molar refractivity (Wildman–Crippen MR) is 72.2 cm³/mol. The molecule has 0 aromatic heterocycles. The van der Waals surface area contributed by atoms with Gasteiger partial charge in [-0.2, -0.15) is 0 Å². The van der Waals surface area contributed by atoms with Gasteiger partial charge in [-0.25, -0.2) is 0 Å². The van der Waals surface area contributed by atoms with E-state index in [0.29, 0.717) is 12.1 Å². The van der Waals surface area contributed by atoms with Gasteiger partial charge in [-0.15, -0.1) is 0 Å². The summed E-state index contributed by atoms with van der Waals surface area (Å²) in [4.78, 5) is 32.6. The first-order valence-electron chi connectivity index (χ1n) is 6.23. The molecule has 0 saturated heterocycles. The number of non-ortho nitro benzene ring substituents is 1. The Bertz CT molecular complexity index is 484. The molecular weight excluding hydrogens is 264 g/mol. The van der Waals surface area contributed by atoms with Crippen LogP contribution in [0.15, 0.2) is 24.3 Å². The van der Waals surface area contributed by atoms with E-state index in [9.17, 15) is 19.7 Å². The molecule has 0 aliphatic carbocycles. The van der Waals surface area contributed by atoms with Crippen LogP contribution in [0.5, 0.6) is 0 Å². The second-order valence-corrected chi connectivity index (χ2v) is 4.12. The number of nitro groups is 1. The van der Waals surface area contributed by atoms with E-state index in [-0.39, 0.29) is 12.3 Å². The Labute approximate surface area is 116 Å². The monoisotopic (exact) mass is 280 g/mol. The molecule has 1 aromatic rings. The quantitative estimate of drug-likeness (QED) is 0.469. The van der Waals surface area contributed by atoms with Crippen LogP contribution in [-0.4, -0.2) is 23.4 Å². The van der Waals surface area contributed by atoms with Gasteiger partial charge in [-0.3, -0.25) is 19.7 Å². The van der Waals surface area contributed by atoms with Crippen molar-refractivity contribution in [3.63, 3.8) is 0 Å². The van der Waals surface area contributed by atoms with E-state index in [1.54, 1.807) is 0 Å². The zero-order chi connectivity index (χ0) is 15.0. The number of rotatable bonds is 7. The summed E-state index contributed by atoms with van der Waals surface area (Å²) in [5.41, 5.74) is 0.346. The van der Waals surface area contributed by atoms with Crippen LogP contribution in [0.2, 0.25) is 0 Å². The van der Waals surface area contributed by atoms with Crippen molar-refractivity contribution in [2.24, 2.45) is 0 Å². The van der Waals surface area contributed by atoms with E-state index in [1.165, 1.54) is 24.3 Å². The summed E-state index contributed by atoms with van der Waals surface area (Å²) in [6.07, 6.45) is 1.90. The Morgan fingerprint density at radius 2 is 1.95 bits per heavy atom. The van der Waals surface area contributed by atoms with Gasteiger partial charge >= 0.3 is 5.97 Å². The highest BCUT2D eigenvalue weighted by molar-refractivity contribution is 5.92. The normalized spacial score (nSPS) is 9.85. The van der Waals surface area contributed by atoms with Crippen LogP contribution in [0.1, 0.15) is 26.2 Å². The lowest BCUT2D eigenvalue weighted by Crippen LogP contribution is -2.20. The number of carbonyl (C=O) groups excluding carboxylic acids is 2. The lowest BCUT2D eigenvalue weighted by atomic mass is 10.2. The standard InChI is InChI=1S/C13H16N2O5/c1-2-3-4-13(17)20-9-12(16)14-10-5-7-11(8-6-10)15(18)19/h5-8H,2-4,9H2,1H3,(H,14,16). The summed E-state index contributed by atoms with van der Waals surface area (Å²) in [6.45, 7) is 1.59. The molecule has 0 bridgehead atoms. The van der Waals surface area contributed by atoms with E-state index >= 15 is 0 Å². The number of nitro benzene ring substituents is 1. The first-order valence-corrected chi connectivity index (χ1v) is 6.23. The molecule has 20 heavy (non-hydrogen) atoms. The average Bonchev–Trinajstić information content (AvgIpc) is 2.43. The summed E-state index contributed by atoms with van der Waals surface area (Å²) in [6, 6.07) is 5.38. The van der Waals surface area contributed by atoms with Crippen LogP contribution in [0, 0.1) is 10.1 Å². The molecule has 0 radical (unpaired) electrons. The molecule has 0 aliphatic rings. The highest BCUT2D eigenvalue weighted by Crippen LogP contribution is 2.15. The number of anilines is 1.